The van der Waals surface area contributed by atoms with Gasteiger partial charge in [-0.25, -0.2) is 20.2 Å². The van der Waals surface area contributed by atoms with Crippen molar-refractivity contribution in [1.82, 2.24) is 14.9 Å². The first-order chi connectivity index (χ1) is 15.0. The maximum Gasteiger partial charge on any atom is 0.240 e. The van der Waals surface area contributed by atoms with Crippen LogP contribution in [-0.4, -0.2) is 64.3 Å². The van der Waals surface area contributed by atoms with Crippen molar-refractivity contribution in [3.63, 3.8) is 0 Å². The largest absolute Gasteiger partial charge is 0.392 e. The van der Waals surface area contributed by atoms with Crippen molar-refractivity contribution in [3.8, 4) is 11.3 Å². The van der Waals surface area contributed by atoms with Gasteiger partial charge in [-0.3, -0.25) is 9.80 Å². The van der Waals surface area contributed by atoms with Gasteiger partial charge < -0.3 is 15.1 Å². The van der Waals surface area contributed by atoms with Crippen LogP contribution in [0.5, 0.6) is 0 Å². The Kier molecular flexibility index (Phi) is 8.82. The van der Waals surface area contributed by atoms with E-state index in [0.29, 0.717) is 28.5 Å². The van der Waals surface area contributed by atoms with Crippen molar-refractivity contribution in [2.24, 2.45) is 5.84 Å². The highest BCUT2D eigenvalue weighted by molar-refractivity contribution is 5.76. The molecule has 0 radical (unpaired) electrons. The molecule has 0 aliphatic rings. The fourth-order valence-corrected chi connectivity index (χ4v) is 3.10. The maximum absolute atomic E-state index is 13.5. The number of aliphatic hydroxyl groups excluding tert-OH is 2. The van der Waals surface area contributed by atoms with Crippen LogP contribution in [0.3, 0.4) is 0 Å². The SMILES string of the molecule is CC(C)c1nc(N(C)N)nc(-c2ccc(F)cc2)c1/C=C/[C@@H](O)C[C@@H](O)CC(=O)N(C)C. The minimum atomic E-state index is -0.988. The first-order valence-electron chi connectivity index (χ1n) is 10.4. The molecule has 4 N–H and O–H groups in total. The van der Waals surface area contributed by atoms with E-state index in [1.807, 2.05) is 13.8 Å². The lowest BCUT2D eigenvalue weighted by molar-refractivity contribution is -0.130. The lowest BCUT2D eigenvalue weighted by Gasteiger charge is -2.19. The van der Waals surface area contributed by atoms with Crippen LogP contribution < -0.4 is 10.9 Å². The van der Waals surface area contributed by atoms with Crippen LogP contribution in [0, 0.1) is 5.82 Å². The molecule has 0 unspecified atom stereocenters. The number of aromatic nitrogens is 2. The summed E-state index contributed by atoms with van der Waals surface area (Å²) in [7, 11) is 4.85. The quantitative estimate of drug-likeness (QED) is 0.401. The third-order valence-corrected chi connectivity index (χ3v) is 4.85. The summed E-state index contributed by atoms with van der Waals surface area (Å²) in [5.74, 6) is 5.61. The number of hydrazine groups is 1. The molecular weight excluding hydrogens is 413 g/mol. The molecule has 0 spiro atoms. The van der Waals surface area contributed by atoms with Crippen molar-refractivity contribution in [2.45, 2.75) is 44.8 Å². The van der Waals surface area contributed by atoms with Gasteiger partial charge >= 0.3 is 0 Å². The Bertz CT molecular complexity index is 945. The number of carbonyl (C=O) groups is 1. The molecule has 0 fully saturated rings. The number of benzene rings is 1. The van der Waals surface area contributed by atoms with Gasteiger partial charge in [-0.1, -0.05) is 26.0 Å². The summed E-state index contributed by atoms with van der Waals surface area (Å²) in [5.41, 5.74) is 2.58. The normalized spacial score (nSPS) is 13.4. The van der Waals surface area contributed by atoms with Gasteiger partial charge in [0.15, 0.2) is 0 Å². The van der Waals surface area contributed by atoms with E-state index < -0.39 is 12.2 Å². The zero-order chi connectivity index (χ0) is 24.0. The summed E-state index contributed by atoms with van der Waals surface area (Å²) < 4.78 is 13.5. The van der Waals surface area contributed by atoms with E-state index in [2.05, 4.69) is 9.97 Å². The Morgan fingerprint density at radius 3 is 2.31 bits per heavy atom. The van der Waals surface area contributed by atoms with Gasteiger partial charge in [-0.05, 0) is 30.2 Å². The van der Waals surface area contributed by atoms with E-state index in [4.69, 9.17) is 5.84 Å². The van der Waals surface area contributed by atoms with E-state index in [0.717, 1.165) is 0 Å². The van der Waals surface area contributed by atoms with E-state index in [1.165, 1.54) is 28.1 Å². The summed E-state index contributed by atoms with van der Waals surface area (Å²) in [6.07, 6.45) is 1.19. The number of amides is 1. The van der Waals surface area contributed by atoms with Crippen LogP contribution in [0.4, 0.5) is 10.3 Å². The highest BCUT2D eigenvalue weighted by atomic mass is 19.1. The van der Waals surface area contributed by atoms with Crippen molar-refractivity contribution < 1.29 is 19.4 Å². The highest BCUT2D eigenvalue weighted by Crippen LogP contribution is 2.31. The van der Waals surface area contributed by atoms with Gasteiger partial charge in [0.25, 0.3) is 0 Å². The Morgan fingerprint density at radius 1 is 1.16 bits per heavy atom. The van der Waals surface area contributed by atoms with Crippen molar-refractivity contribution in [2.75, 3.05) is 26.2 Å². The van der Waals surface area contributed by atoms with Crippen LogP contribution in [-0.2, 0) is 4.79 Å². The molecule has 2 rings (SSSR count). The molecule has 1 aromatic carbocycles. The Hall–Kier alpha value is -2.88. The standard InChI is InChI=1S/C23H32FN5O3/c1-14(2)21-19(11-10-17(30)12-18(31)13-20(32)28(3)4)22(27-23(26-21)29(5)25)15-6-8-16(24)9-7-15/h6-11,14,17-18,30-31H,12-13,25H2,1-5H3/b11-10+/t17-,18-/m1/s1. The minimum absolute atomic E-state index is 0.00342. The van der Waals surface area contributed by atoms with Crippen LogP contribution in [0.15, 0.2) is 30.3 Å². The predicted octanol–water partition coefficient (Wildman–Crippen LogP) is 2.32. The summed E-state index contributed by atoms with van der Waals surface area (Å²) in [6.45, 7) is 3.95. The molecule has 2 atom stereocenters. The number of halogens is 1. The van der Waals surface area contributed by atoms with Crippen LogP contribution in [0.2, 0.25) is 0 Å². The van der Waals surface area contributed by atoms with Crippen molar-refractivity contribution in [3.05, 3.63) is 47.4 Å². The molecule has 0 saturated carbocycles. The fourth-order valence-electron chi connectivity index (χ4n) is 3.10. The maximum atomic E-state index is 13.5. The Balaban J connectivity index is 2.42. The van der Waals surface area contributed by atoms with Gasteiger partial charge in [0, 0.05) is 38.7 Å². The van der Waals surface area contributed by atoms with E-state index >= 15 is 0 Å². The van der Waals surface area contributed by atoms with Crippen molar-refractivity contribution in [1.29, 1.82) is 0 Å². The summed E-state index contributed by atoms with van der Waals surface area (Å²) in [4.78, 5) is 22.3. The van der Waals surface area contributed by atoms with E-state index in [-0.39, 0.29) is 30.5 Å². The summed E-state index contributed by atoms with van der Waals surface area (Å²) >= 11 is 0. The molecule has 174 valence electrons. The first kappa shape index (κ1) is 25.4. The van der Waals surface area contributed by atoms with E-state index in [9.17, 15) is 19.4 Å². The van der Waals surface area contributed by atoms with Crippen molar-refractivity contribution >= 4 is 17.9 Å². The number of aliphatic hydroxyl groups is 2. The molecule has 32 heavy (non-hydrogen) atoms. The second kappa shape index (κ2) is 11.1. The number of rotatable bonds is 9. The number of nitrogens with two attached hydrogens (primary N) is 1. The average molecular weight is 446 g/mol. The molecule has 0 aliphatic heterocycles. The second-order valence-electron chi connectivity index (χ2n) is 8.25. The predicted molar refractivity (Wildman–Crippen MR) is 123 cm³/mol. The second-order valence-corrected chi connectivity index (χ2v) is 8.25. The Morgan fingerprint density at radius 2 is 1.78 bits per heavy atom. The molecule has 2 aromatic rings. The molecule has 8 nitrogen and oxygen atoms in total. The van der Waals surface area contributed by atoms with Gasteiger partial charge in [-0.2, -0.15) is 0 Å². The summed E-state index contributed by atoms with van der Waals surface area (Å²) in [6, 6.07) is 5.93. The number of hydrogen-bond donors (Lipinski definition) is 3. The van der Waals surface area contributed by atoms with E-state index in [1.54, 1.807) is 39.4 Å². The third-order valence-electron chi connectivity index (χ3n) is 4.85. The number of anilines is 1. The molecule has 1 heterocycles. The lowest BCUT2D eigenvalue weighted by Crippen LogP contribution is -2.28. The number of carbonyl (C=O) groups excluding carboxylic acids is 1. The number of nitrogens with zero attached hydrogens (tertiary/aromatic N) is 4. The van der Waals surface area contributed by atoms with Crippen LogP contribution in [0.1, 0.15) is 43.9 Å². The minimum Gasteiger partial charge on any atom is -0.392 e. The topological polar surface area (TPSA) is 116 Å². The fraction of sp³-hybridized carbons (Fsp3) is 0.435. The summed E-state index contributed by atoms with van der Waals surface area (Å²) in [5, 5.41) is 21.8. The monoisotopic (exact) mass is 445 g/mol. The Labute approximate surface area is 188 Å². The molecular formula is C23H32FN5O3. The zero-order valence-electron chi connectivity index (χ0n) is 19.2. The number of hydrogen-bond acceptors (Lipinski definition) is 7. The van der Waals surface area contributed by atoms with Gasteiger partial charge in [0.1, 0.15) is 5.82 Å². The van der Waals surface area contributed by atoms with Crippen LogP contribution in [0.25, 0.3) is 17.3 Å². The van der Waals surface area contributed by atoms with Gasteiger partial charge in [0.05, 0.1) is 30.0 Å². The molecule has 0 bridgehead atoms. The molecule has 9 heteroatoms. The van der Waals surface area contributed by atoms with Gasteiger partial charge in [-0.15, -0.1) is 0 Å². The molecule has 1 amide bonds. The van der Waals surface area contributed by atoms with Crippen LogP contribution >= 0.6 is 0 Å². The smallest absolute Gasteiger partial charge is 0.240 e. The molecule has 1 aromatic heterocycles. The third kappa shape index (κ3) is 6.81. The highest BCUT2D eigenvalue weighted by Gasteiger charge is 2.19. The zero-order valence-corrected chi connectivity index (χ0v) is 19.2. The molecule has 0 aliphatic carbocycles. The lowest BCUT2D eigenvalue weighted by atomic mass is 9.97. The first-order valence-corrected chi connectivity index (χ1v) is 10.4. The molecule has 0 saturated heterocycles. The van der Waals surface area contributed by atoms with Gasteiger partial charge in [0.2, 0.25) is 11.9 Å². The average Bonchev–Trinajstić information content (AvgIpc) is 2.71.